The summed E-state index contributed by atoms with van der Waals surface area (Å²) in [4.78, 5) is 16.8. The van der Waals surface area contributed by atoms with Gasteiger partial charge in [0.15, 0.2) is 22.1 Å². The van der Waals surface area contributed by atoms with Crippen LogP contribution < -0.4 is 4.90 Å². The predicted octanol–water partition coefficient (Wildman–Crippen LogP) is 5.21. The van der Waals surface area contributed by atoms with Gasteiger partial charge in [-0.1, -0.05) is 48.5 Å². The second-order valence-electron chi connectivity index (χ2n) is 7.51. The number of imidazole rings is 1. The van der Waals surface area contributed by atoms with Crippen LogP contribution in [0.3, 0.4) is 0 Å². The van der Waals surface area contributed by atoms with E-state index in [4.69, 9.17) is 26.6 Å². The third-order valence-corrected chi connectivity index (χ3v) is 6.88. The van der Waals surface area contributed by atoms with E-state index in [1.807, 2.05) is 44.3 Å². The van der Waals surface area contributed by atoms with Crippen molar-refractivity contribution in [2.24, 2.45) is 7.05 Å². The first-order valence-electron chi connectivity index (χ1n) is 10.9. The van der Waals surface area contributed by atoms with Crippen molar-refractivity contribution in [2.75, 3.05) is 18.0 Å². The van der Waals surface area contributed by atoms with Gasteiger partial charge >= 0.3 is 0 Å². The van der Waals surface area contributed by atoms with Gasteiger partial charge in [0, 0.05) is 37.9 Å². The summed E-state index contributed by atoms with van der Waals surface area (Å²) >= 11 is 8.30. The number of nitrogens with zero attached hydrogens (tertiary/aromatic N) is 7. The van der Waals surface area contributed by atoms with Gasteiger partial charge in [-0.05, 0) is 32.9 Å². The molecule has 1 aromatic carbocycles. The Labute approximate surface area is 197 Å². The van der Waals surface area contributed by atoms with Crippen LogP contribution in [0.5, 0.6) is 0 Å². The number of hydrogen-bond acceptors (Lipinski definition) is 6. The van der Waals surface area contributed by atoms with Gasteiger partial charge in [0.1, 0.15) is 11.0 Å². The molecule has 0 fully saturated rings. The number of aryl methyl sites for hydroxylation is 3. The molecule has 32 heavy (non-hydrogen) atoms. The lowest BCUT2D eigenvalue weighted by Gasteiger charge is -2.20. The van der Waals surface area contributed by atoms with Crippen molar-refractivity contribution in [3.63, 3.8) is 0 Å². The summed E-state index contributed by atoms with van der Waals surface area (Å²) in [6.07, 6.45) is 0.848. The normalized spacial score (nSPS) is 11.4. The van der Waals surface area contributed by atoms with E-state index in [1.165, 1.54) is 0 Å². The molecule has 0 N–H and O–H groups in total. The Bertz CT molecular complexity index is 1230. The lowest BCUT2D eigenvalue weighted by molar-refractivity contribution is 0.808. The molecule has 9 heteroatoms. The van der Waals surface area contributed by atoms with Gasteiger partial charge in [-0.25, -0.2) is 19.6 Å². The van der Waals surface area contributed by atoms with Crippen molar-refractivity contribution >= 4 is 40.3 Å². The smallest absolute Gasteiger partial charge is 0.191 e. The van der Waals surface area contributed by atoms with Crippen LogP contribution >= 0.6 is 23.4 Å². The van der Waals surface area contributed by atoms with Gasteiger partial charge in [0.05, 0.1) is 11.4 Å². The van der Waals surface area contributed by atoms with Crippen LogP contribution in [0.25, 0.3) is 16.9 Å². The highest BCUT2D eigenvalue weighted by Gasteiger charge is 2.20. The molecular formula is C23H28ClN7S. The number of fused-ring (bicyclic) bond motifs is 1. The minimum absolute atomic E-state index is 0.625. The fraction of sp³-hybridized carbons (Fsp3) is 0.391. The Morgan fingerprint density at radius 2 is 1.75 bits per heavy atom. The Morgan fingerprint density at radius 1 is 1.03 bits per heavy atom. The van der Waals surface area contributed by atoms with Gasteiger partial charge in [0.25, 0.3) is 0 Å². The Morgan fingerprint density at radius 3 is 2.41 bits per heavy atom. The maximum absolute atomic E-state index is 6.72. The molecule has 0 radical (unpaired) electrons. The maximum Gasteiger partial charge on any atom is 0.191 e. The maximum atomic E-state index is 6.72. The highest BCUT2D eigenvalue weighted by Crippen LogP contribution is 2.32. The molecule has 0 atom stereocenters. The van der Waals surface area contributed by atoms with Crippen molar-refractivity contribution in [1.29, 1.82) is 0 Å². The topological polar surface area (TPSA) is 64.7 Å². The van der Waals surface area contributed by atoms with E-state index < -0.39 is 0 Å². The molecule has 3 aromatic heterocycles. The standard InChI is InChI=1S/C23H28ClN7S/c1-6-18-25-19-21(29(18)5)26-23(27-22(19)30(7-2)8-3)32-14-17-15(4)28-31(20(17)24)16-12-10-9-11-13-16/h9-13H,6-8,14H2,1-5H3. The zero-order valence-electron chi connectivity index (χ0n) is 19.1. The van der Waals surface area contributed by atoms with Crippen LogP contribution in [0.15, 0.2) is 35.5 Å². The first kappa shape index (κ1) is 22.6. The lowest BCUT2D eigenvalue weighted by Crippen LogP contribution is -2.23. The molecule has 0 aliphatic carbocycles. The molecule has 0 saturated carbocycles. The zero-order chi connectivity index (χ0) is 22.8. The molecule has 4 aromatic rings. The summed E-state index contributed by atoms with van der Waals surface area (Å²) in [7, 11) is 2.02. The molecule has 3 heterocycles. The fourth-order valence-electron chi connectivity index (χ4n) is 3.77. The first-order chi connectivity index (χ1) is 15.5. The minimum atomic E-state index is 0.625. The van der Waals surface area contributed by atoms with Crippen LogP contribution in [-0.2, 0) is 19.2 Å². The molecule has 0 amide bonds. The fourth-order valence-corrected chi connectivity index (χ4v) is 5.11. The Hall–Kier alpha value is -2.58. The molecule has 0 aliphatic rings. The van der Waals surface area contributed by atoms with E-state index in [-0.39, 0.29) is 0 Å². The molecule has 0 saturated heterocycles. The van der Waals surface area contributed by atoms with E-state index in [2.05, 4.69) is 35.3 Å². The van der Waals surface area contributed by atoms with Crippen LogP contribution in [0.1, 0.15) is 37.9 Å². The van der Waals surface area contributed by atoms with Crippen LogP contribution in [0.2, 0.25) is 5.15 Å². The van der Waals surface area contributed by atoms with Crippen molar-refractivity contribution in [3.05, 3.63) is 52.6 Å². The van der Waals surface area contributed by atoms with E-state index in [0.717, 1.165) is 59.3 Å². The number of hydrogen-bond donors (Lipinski definition) is 0. The molecule has 0 bridgehead atoms. The predicted molar refractivity (Wildman–Crippen MR) is 132 cm³/mol. The lowest BCUT2D eigenvalue weighted by atomic mass is 10.3. The summed E-state index contributed by atoms with van der Waals surface area (Å²) in [5.74, 6) is 2.53. The van der Waals surface area contributed by atoms with E-state index >= 15 is 0 Å². The van der Waals surface area contributed by atoms with Gasteiger partial charge < -0.3 is 9.47 Å². The monoisotopic (exact) mass is 469 g/mol. The number of para-hydroxylation sites is 1. The number of rotatable bonds is 8. The van der Waals surface area contributed by atoms with Gasteiger partial charge in [-0.3, -0.25) is 0 Å². The van der Waals surface area contributed by atoms with E-state index in [0.29, 0.717) is 16.1 Å². The highest BCUT2D eigenvalue weighted by molar-refractivity contribution is 7.98. The third kappa shape index (κ3) is 4.09. The molecule has 168 valence electrons. The van der Waals surface area contributed by atoms with Crippen LogP contribution in [-0.4, -0.2) is 42.4 Å². The summed E-state index contributed by atoms with van der Waals surface area (Å²) < 4.78 is 3.85. The largest absolute Gasteiger partial charge is 0.355 e. The van der Waals surface area contributed by atoms with Gasteiger partial charge in [-0.15, -0.1) is 0 Å². The molecule has 7 nitrogen and oxygen atoms in total. The molecule has 0 spiro atoms. The zero-order valence-corrected chi connectivity index (χ0v) is 20.7. The number of anilines is 1. The van der Waals surface area contributed by atoms with Gasteiger partial charge in [0.2, 0.25) is 0 Å². The van der Waals surface area contributed by atoms with E-state index in [1.54, 1.807) is 16.4 Å². The van der Waals surface area contributed by atoms with Crippen LogP contribution in [0, 0.1) is 6.92 Å². The quantitative estimate of drug-likeness (QED) is 0.260. The van der Waals surface area contributed by atoms with Gasteiger partial charge in [-0.2, -0.15) is 5.10 Å². The molecule has 4 rings (SSSR count). The Balaban J connectivity index is 1.70. The summed E-state index contributed by atoms with van der Waals surface area (Å²) in [5.41, 5.74) is 4.57. The number of aromatic nitrogens is 6. The van der Waals surface area contributed by atoms with E-state index in [9.17, 15) is 0 Å². The second-order valence-corrected chi connectivity index (χ2v) is 8.81. The first-order valence-corrected chi connectivity index (χ1v) is 12.2. The SMILES string of the molecule is CCc1nc2c(N(CC)CC)nc(SCc3c(C)nn(-c4ccccc4)c3Cl)nc2n1C. The number of halogens is 1. The van der Waals surface area contributed by atoms with Crippen molar-refractivity contribution < 1.29 is 0 Å². The third-order valence-electron chi connectivity index (χ3n) is 5.62. The summed E-state index contributed by atoms with van der Waals surface area (Å²) in [6, 6.07) is 9.93. The van der Waals surface area contributed by atoms with Crippen molar-refractivity contribution in [2.45, 2.75) is 45.0 Å². The minimum Gasteiger partial charge on any atom is -0.355 e. The average Bonchev–Trinajstić information content (AvgIpc) is 3.29. The highest BCUT2D eigenvalue weighted by atomic mass is 35.5. The molecular weight excluding hydrogens is 442 g/mol. The van der Waals surface area contributed by atoms with Crippen LogP contribution in [0.4, 0.5) is 5.82 Å². The van der Waals surface area contributed by atoms with Crippen molar-refractivity contribution in [3.8, 4) is 5.69 Å². The molecule has 0 aliphatic heterocycles. The average molecular weight is 470 g/mol. The number of thioether (sulfide) groups is 1. The summed E-state index contributed by atoms with van der Waals surface area (Å²) in [6.45, 7) is 10.1. The summed E-state index contributed by atoms with van der Waals surface area (Å²) in [5, 5.41) is 5.99. The number of benzene rings is 1. The molecule has 0 unspecified atom stereocenters. The Kier molecular flexibility index (Phi) is 6.71. The second kappa shape index (κ2) is 9.50. The van der Waals surface area contributed by atoms with Crippen molar-refractivity contribution in [1.82, 2.24) is 29.3 Å².